The molecule has 0 atom stereocenters. The molecule has 0 bridgehead atoms. The van der Waals surface area contributed by atoms with E-state index in [2.05, 4.69) is 10.6 Å². The van der Waals surface area contributed by atoms with Crippen molar-refractivity contribution < 1.29 is 9.59 Å². The second kappa shape index (κ2) is 7.45. The number of anilines is 1. The van der Waals surface area contributed by atoms with Gasteiger partial charge in [-0.2, -0.15) is 0 Å². The molecule has 0 aliphatic carbocycles. The molecule has 3 aromatic rings. The predicted octanol–water partition coefficient (Wildman–Crippen LogP) is 3.97. The molecule has 25 heavy (non-hydrogen) atoms. The Morgan fingerprint density at radius 1 is 0.640 bits per heavy atom. The second-order valence-corrected chi connectivity index (χ2v) is 5.55. The van der Waals surface area contributed by atoms with Gasteiger partial charge >= 0.3 is 0 Å². The number of nitrogens with one attached hydrogen (secondary N) is 2. The highest BCUT2D eigenvalue weighted by Crippen LogP contribution is 2.20. The zero-order chi connectivity index (χ0) is 17.6. The van der Waals surface area contributed by atoms with Gasteiger partial charge in [0.1, 0.15) is 0 Å². The van der Waals surface area contributed by atoms with Crippen LogP contribution in [0.2, 0.25) is 0 Å². The molecule has 2 N–H and O–H groups in total. The maximum Gasteiger partial charge on any atom is 0.255 e. The topological polar surface area (TPSA) is 58.2 Å². The molecule has 3 rings (SSSR count). The van der Waals surface area contributed by atoms with Crippen LogP contribution in [0.15, 0.2) is 78.9 Å². The average molecular weight is 330 g/mol. The fourth-order valence-electron chi connectivity index (χ4n) is 2.50. The Hall–Kier alpha value is -3.40. The third-order valence-corrected chi connectivity index (χ3v) is 3.89. The standard InChI is InChI=1S/C21H18N2O2/c1-22-20(24)17-11-13-19(14-12-17)23-21(25)18-9-7-16(8-10-18)15-5-3-2-4-6-15/h2-14H,1H3,(H,22,24)(H,23,25). The van der Waals surface area contributed by atoms with E-state index in [9.17, 15) is 9.59 Å². The van der Waals surface area contributed by atoms with Crippen LogP contribution in [0.5, 0.6) is 0 Å². The third-order valence-electron chi connectivity index (χ3n) is 3.89. The molecule has 0 heterocycles. The first-order chi connectivity index (χ1) is 12.2. The summed E-state index contributed by atoms with van der Waals surface area (Å²) >= 11 is 0. The molecule has 0 saturated carbocycles. The van der Waals surface area contributed by atoms with Crippen LogP contribution in [0, 0.1) is 0 Å². The van der Waals surface area contributed by atoms with Crippen LogP contribution >= 0.6 is 0 Å². The van der Waals surface area contributed by atoms with Crippen molar-refractivity contribution in [2.75, 3.05) is 12.4 Å². The van der Waals surface area contributed by atoms with Crippen LogP contribution in [0.4, 0.5) is 5.69 Å². The van der Waals surface area contributed by atoms with Crippen molar-refractivity contribution in [3.8, 4) is 11.1 Å². The molecule has 0 aliphatic heterocycles. The van der Waals surface area contributed by atoms with Gasteiger partial charge in [-0.15, -0.1) is 0 Å². The lowest BCUT2D eigenvalue weighted by atomic mass is 10.0. The van der Waals surface area contributed by atoms with E-state index in [4.69, 9.17) is 0 Å². The molecule has 0 unspecified atom stereocenters. The lowest BCUT2D eigenvalue weighted by Crippen LogP contribution is -2.17. The van der Waals surface area contributed by atoms with Gasteiger partial charge in [0, 0.05) is 23.9 Å². The highest BCUT2D eigenvalue weighted by Gasteiger charge is 2.08. The van der Waals surface area contributed by atoms with Crippen molar-refractivity contribution in [2.24, 2.45) is 0 Å². The van der Waals surface area contributed by atoms with Crippen molar-refractivity contribution in [3.63, 3.8) is 0 Å². The summed E-state index contributed by atoms with van der Waals surface area (Å²) in [6.07, 6.45) is 0. The van der Waals surface area contributed by atoms with Crippen molar-refractivity contribution in [2.45, 2.75) is 0 Å². The van der Waals surface area contributed by atoms with Gasteiger partial charge in [0.05, 0.1) is 0 Å². The molecule has 0 radical (unpaired) electrons. The highest BCUT2D eigenvalue weighted by molar-refractivity contribution is 6.04. The lowest BCUT2D eigenvalue weighted by molar-refractivity contribution is 0.0962. The molecule has 0 saturated heterocycles. The number of carbonyl (C=O) groups is 2. The van der Waals surface area contributed by atoms with Gasteiger partial charge in [0.2, 0.25) is 0 Å². The van der Waals surface area contributed by atoms with Gasteiger partial charge in [-0.05, 0) is 47.5 Å². The summed E-state index contributed by atoms with van der Waals surface area (Å²) in [6, 6.07) is 24.2. The molecule has 4 nitrogen and oxygen atoms in total. The molecular weight excluding hydrogens is 312 g/mol. The van der Waals surface area contributed by atoms with Gasteiger partial charge in [-0.3, -0.25) is 9.59 Å². The minimum atomic E-state index is -0.188. The Balaban J connectivity index is 1.70. The number of hydrogen-bond donors (Lipinski definition) is 2. The van der Waals surface area contributed by atoms with Crippen molar-refractivity contribution in [3.05, 3.63) is 90.0 Å². The van der Waals surface area contributed by atoms with Gasteiger partial charge in [0.15, 0.2) is 0 Å². The summed E-state index contributed by atoms with van der Waals surface area (Å²) in [7, 11) is 1.58. The minimum absolute atomic E-state index is 0.158. The van der Waals surface area contributed by atoms with Crippen molar-refractivity contribution in [1.82, 2.24) is 5.32 Å². The van der Waals surface area contributed by atoms with E-state index in [1.807, 2.05) is 42.5 Å². The van der Waals surface area contributed by atoms with Gasteiger partial charge in [0.25, 0.3) is 11.8 Å². The first-order valence-electron chi connectivity index (χ1n) is 7.96. The van der Waals surface area contributed by atoms with Crippen LogP contribution in [-0.4, -0.2) is 18.9 Å². The Bertz CT molecular complexity index is 870. The molecule has 0 aromatic heterocycles. The van der Waals surface area contributed by atoms with Gasteiger partial charge in [-0.1, -0.05) is 42.5 Å². The molecule has 4 heteroatoms. The van der Waals surface area contributed by atoms with Crippen molar-refractivity contribution >= 4 is 17.5 Å². The average Bonchev–Trinajstić information content (AvgIpc) is 2.68. The van der Waals surface area contributed by atoms with E-state index in [0.29, 0.717) is 16.8 Å². The van der Waals surface area contributed by atoms with Crippen LogP contribution in [-0.2, 0) is 0 Å². The molecule has 2 amide bonds. The van der Waals surface area contributed by atoms with Crippen LogP contribution < -0.4 is 10.6 Å². The Morgan fingerprint density at radius 3 is 1.76 bits per heavy atom. The fourth-order valence-corrected chi connectivity index (χ4v) is 2.50. The summed E-state index contributed by atoms with van der Waals surface area (Å²) in [4.78, 5) is 23.9. The van der Waals surface area contributed by atoms with E-state index in [-0.39, 0.29) is 11.8 Å². The maximum atomic E-state index is 12.3. The van der Waals surface area contributed by atoms with Crippen LogP contribution in [0.3, 0.4) is 0 Å². The smallest absolute Gasteiger partial charge is 0.255 e. The zero-order valence-electron chi connectivity index (χ0n) is 13.8. The summed E-state index contributed by atoms with van der Waals surface area (Å²) < 4.78 is 0. The van der Waals surface area contributed by atoms with Gasteiger partial charge < -0.3 is 10.6 Å². The maximum absolute atomic E-state index is 12.3. The largest absolute Gasteiger partial charge is 0.355 e. The second-order valence-electron chi connectivity index (χ2n) is 5.55. The van der Waals surface area contributed by atoms with E-state index in [0.717, 1.165) is 11.1 Å². The third kappa shape index (κ3) is 3.93. The summed E-state index contributed by atoms with van der Waals surface area (Å²) in [5.74, 6) is -0.346. The molecular formula is C21H18N2O2. The number of benzene rings is 3. The number of hydrogen-bond acceptors (Lipinski definition) is 2. The highest BCUT2D eigenvalue weighted by atomic mass is 16.2. The molecule has 0 fully saturated rings. The summed E-state index contributed by atoms with van der Waals surface area (Å²) in [6.45, 7) is 0. The molecule has 0 spiro atoms. The lowest BCUT2D eigenvalue weighted by Gasteiger charge is -2.07. The quantitative estimate of drug-likeness (QED) is 0.760. The Labute approximate surface area is 146 Å². The van der Waals surface area contributed by atoms with Gasteiger partial charge in [-0.25, -0.2) is 0 Å². The first-order valence-corrected chi connectivity index (χ1v) is 7.96. The summed E-state index contributed by atoms with van der Waals surface area (Å²) in [5, 5.41) is 5.39. The Morgan fingerprint density at radius 2 is 1.16 bits per heavy atom. The SMILES string of the molecule is CNC(=O)c1ccc(NC(=O)c2ccc(-c3ccccc3)cc2)cc1. The van der Waals surface area contributed by atoms with E-state index in [1.54, 1.807) is 43.4 Å². The molecule has 124 valence electrons. The number of amides is 2. The normalized spacial score (nSPS) is 10.1. The minimum Gasteiger partial charge on any atom is -0.355 e. The molecule has 0 aliphatic rings. The monoisotopic (exact) mass is 330 g/mol. The predicted molar refractivity (Wildman–Crippen MR) is 99.7 cm³/mol. The zero-order valence-corrected chi connectivity index (χ0v) is 13.8. The van der Waals surface area contributed by atoms with E-state index in [1.165, 1.54) is 0 Å². The van der Waals surface area contributed by atoms with E-state index >= 15 is 0 Å². The van der Waals surface area contributed by atoms with Crippen molar-refractivity contribution in [1.29, 1.82) is 0 Å². The van der Waals surface area contributed by atoms with E-state index < -0.39 is 0 Å². The number of carbonyl (C=O) groups excluding carboxylic acids is 2. The first kappa shape index (κ1) is 16.5. The molecule has 3 aromatic carbocycles. The number of rotatable bonds is 4. The van der Waals surface area contributed by atoms with Crippen LogP contribution in [0.1, 0.15) is 20.7 Å². The fraction of sp³-hybridized carbons (Fsp3) is 0.0476. The van der Waals surface area contributed by atoms with Crippen LogP contribution in [0.25, 0.3) is 11.1 Å². The Kier molecular flexibility index (Phi) is 4.90. The summed E-state index contributed by atoms with van der Waals surface area (Å²) in [5.41, 5.74) is 3.94.